The third kappa shape index (κ3) is 9.92. The Hall–Kier alpha value is -5.05. The lowest BCUT2D eigenvalue weighted by Gasteiger charge is -2.34. The molecule has 0 aliphatic carbocycles. The monoisotopic (exact) mass is 748 g/mol. The van der Waals surface area contributed by atoms with E-state index in [2.05, 4.69) is 51.3 Å². The number of hydrogen-bond acceptors (Lipinski definition) is 10. The predicted molar refractivity (Wildman–Crippen MR) is 213 cm³/mol. The first kappa shape index (κ1) is 37.3. The van der Waals surface area contributed by atoms with Crippen molar-refractivity contribution >= 4 is 46.9 Å². The molecule has 0 radical (unpaired) electrons. The fourth-order valence-corrected chi connectivity index (χ4v) is 8.70. The molecule has 5 heterocycles. The molecule has 7 rings (SSSR count). The van der Waals surface area contributed by atoms with Gasteiger partial charge in [-0.25, -0.2) is 14.8 Å². The molecule has 3 atom stereocenters. The number of fused-ring (bicyclic) bond motifs is 1. The van der Waals surface area contributed by atoms with E-state index in [4.69, 9.17) is 0 Å². The van der Waals surface area contributed by atoms with Crippen LogP contribution in [0.2, 0.25) is 0 Å². The summed E-state index contributed by atoms with van der Waals surface area (Å²) in [6.07, 6.45) is 8.65. The number of anilines is 3. The van der Waals surface area contributed by atoms with Gasteiger partial charge in [-0.1, -0.05) is 24.6 Å². The summed E-state index contributed by atoms with van der Waals surface area (Å²) in [4.78, 5) is 55.2. The first-order chi connectivity index (χ1) is 26.4. The van der Waals surface area contributed by atoms with Crippen LogP contribution < -0.4 is 26.6 Å². The van der Waals surface area contributed by atoms with E-state index >= 15 is 0 Å². The van der Waals surface area contributed by atoms with Gasteiger partial charge in [-0.2, -0.15) is 11.8 Å². The topological polar surface area (TPSA) is 157 Å². The van der Waals surface area contributed by atoms with E-state index in [-0.39, 0.29) is 29.9 Å². The van der Waals surface area contributed by atoms with Crippen LogP contribution in [-0.2, 0) is 11.3 Å². The molecule has 54 heavy (non-hydrogen) atoms. The first-order valence-corrected chi connectivity index (χ1v) is 19.8. The van der Waals surface area contributed by atoms with Crippen molar-refractivity contribution in [2.75, 3.05) is 55.7 Å². The molecule has 2 aromatic carbocycles. The Morgan fingerprint density at radius 2 is 1.80 bits per heavy atom. The second-order valence-electron chi connectivity index (χ2n) is 14.1. The molecule has 0 spiro atoms. The number of nitrogens with zero attached hydrogens (tertiary/aromatic N) is 5. The molecule has 4 aromatic rings. The Bertz CT molecular complexity index is 1910. The van der Waals surface area contributed by atoms with Crippen LogP contribution in [0.4, 0.5) is 22.1 Å². The number of nitrogens with one attached hydrogen (secondary N) is 5. The first-order valence-electron chi connectivity index (χ1n) is 18.8. The van der Waals surface area contributed by atoms with Crippen molar-refractivity contribution in [3.63, 3.8) is 0 Å². The number of rotatable bonds is 15. The molecular formula is C40H48N10O3S. The van der Waals surface area contributed by atoms with Gasteiger partial charge >= 0.3 is 6.03 Å². The molecule has 0 saturated carbocycles. The third-order valence-corrected chi connectivity index (χ3v) is 11.8. The van der Waals surface area contributed by atoms with E-state index in [1.807, 2.05) is 79.3 Å². The fourth-order valence-electron chi connectivity index (χ4n) is 7.16. The quantitative estimate of drug-likeness (QED) is 0.0846. The fraction of sp³-hybridized carbons (Fsp3) is 0.400. The summed E-state index contributed by atoms with van der Waals surface area (Å²) in [5, 5.41) is 15.9. The maximum atomic E-state index is 13.2. The molecule has 0 bridgehead atoms. The van der Waals surface area contributed by atoms with Crippen molar-refractivity contribution < 1.29 is 14.4 Å². The number of aryl methyl sites for hydroxylation is 1. The number of pyridine rings is 1. The van der Waals surface area contributed by atoms with Gasteiger partial charge < -0.3 is 26.6 Å². The van der Waals surface area contributed by atoms with Gasteiger partial charge in [0.15, 0.2) is 0 Å². The summed E-state index contributed by atoms with van der Waals surface area (Å²) in [6, 6.07) is 19.6. The number of thioether (sulfide) groups is 1. The van der Waals surface area contributed by atoms with Crippen LogP contribution in [-0.4, -0.2) is 105 Å². The van der Waals surface area contributed by atoms with Gasteiger partial charge in [0.25, 0.3) is 5.91 Å². The van der Waals surface area contributed by atoms with Gasteiger partial charge in [-0.15, -0.1) is 0 Å². The number of unbranched alkanes of at least 4 members (excludes halogenated alkanes) is 1. The zero-order valence-electron chi connectivity index (χ0n) is 30.6. The number of urea groups is 1. The molecule has 3 aliphatic heterocycles. The summed E-state index contributed by atoms with van der Waals surface area (Å²) in [7, 11) is 0. The van der Waals surface area contributed by atoms with E-state index in [0.717, 1.165) is 86.8 Å². The number of hydrogen-bond donors (Lipinski definition) is 5. The molecule has 13 nitrogen and oxygen atoms in total. The maximum Gasteiger partial charge on any atom is 0.315 e. The number of carbonyl (C=O) groups excluding carboxylic acids is 3. The van der Waals surface area contributed by atoms with Crippen molar-refractivity contribution in [3.8, 4) is 11.3 Å². The standard InChI is InChI=1S/C40H48N10O3S/c1-27-8-13-31(23-33(27)46-39-43-16-14-32(45-39)30-5-4-15-41-24-30)44-38(52)29-11-9-28(10-12-29)25-50-21-19-49(20-22-50)18-17-42-36(51)7-3-2-6-35-37-34(26-54-35)47-40(53)48-37/h4-5,8-16,23-24,34-35,37H,2-3,6-7,17-22,25-26H2,1H3,(H,42,51)(H,44,52)(H,43,45,46)(H2,47,48,53)/t34-,35-,37-/m0/s1. The van der Waals surface area contributed by atoms with Crippen molar-refractivity contribution in [3.05, 3.63) is 95.9 Å². The lowest BCUT2D eigenvalue weighted by atomic mass is 10.0. The van der Waals surface area contributed by atoms with Crippen molar-refractivity contribution in [1.82, 2.24) is 40.7 Å². The van der Waals surface area contributed by atoms with Gasteiger partial charge in [0.1, 0.15) is 0 Å². The normalized spacial score (nSPS) is 19.8. The maximum absolute atomic E-state index is 13.2. The van der Waals surface area contributed by atoms with E-state index in [1.165, 1.54) is 5.56 Å². The van der Waals surface area contributed by atoms with Crippen LogP contribution in [0.3, 0.4) is 0 Å². The molecule has 3 fully saturated rings. The summed E-state index contributed by atoms with van der Waals surface area (Å²) in [6.45, 7) is 8.15. The van der Waals surface area contributed by atoms with Crippen LogP contribution in [0.5, 0.6) is 0 Å². The highest BCUT2D eigenvalue weighted by atomic mass is 32.2. The molecule has 0 unspecified atom stereocenters. The van der Waals surface area contributed by atoms with Crippen LogP contribution in [0, 0.1) is 6.92 Å². The minimum atomic E-state index is -0.175. The number of piperazine rings is 1. The molecule has 3 saturated heterocycles. The Kier molecular flexibility index (Phi) is 12.3. The van der Waals surface area contributed by atoms with Gasteiger partial charge in [-0.05, 0) is 73.4 Å². The lowest BCUT2D eigenvalue weighted by molar-refractivity contribution is -0.121. The van der Waals surface area contributed by atoms with Crippen LogP contribution in [0.25, 0.3) is 11.3 Å². The van der Waals surface area contributed by atoms with Crippen molar-refractivity contribution in [1.29, 1.82) is 0 Å². The van der Waals surface area contributed by atoms with Gasteiger partial charge in [-0.3, -0.25) is 24.4 Å². The molecular weight excluding hydrogens is 701 g/mol. The van der Waals surface area contributed by atoms with Crippen LogP contribution in [0.1, 0.15) is 47.2 Å². The summed E-state index contributed by atoms with van der Waals surface area (Å²) >= 11 is 1.92. The van der Waals surface area contributed by atoms with Gasteiger partial charge in [0.2, 0.25) is 11.9 Å². The summed E-state index contributed by atoms with van der Waals surface area (Å²) < 4.78 is 0. The van der Waals surface area contributed by atoms with E-state index in [1.54, 1.807) is 18.6 Å². The molecule has 14 heteroatoms. The largest absolute Gasteiger partial charge is 0.355 e. The summed E-state index contributed by atoms with van der Waals surface area (Å²) in [5.74, 6) is 1.37. The molecule has 2 aromatic heterocycles. The van der Waals surface area contributed by atoms with Gasteiger partial charge in [0, 0.05) is 104 Å². The van der Waals surface area contributed by atoms with Crippen LogP contribution >= 0.6 is 11.8 Å². The highest BCUT2D eigenvalue weighted by molar-refractivity contribution is 8.00. The molecule has 4 amide bonds. The Morgan fingerprint density at radius 3 is 2.61 bits per heavy atom. The summed E-state index contributed by atoms with van der Waals surface area (Å²) in [5.41, 5.74) is 5.90. The van der Waals surface area contributed by atoms with Crippen molar-refractivity contribution in [2.24, 2.45) is 0 Å². The zero-order valence-corrected chi connectivity index (χ0v) is 31.4. The van der Waals surface area contributed by atoms with Gasteiger partial charge in [0.05, 0.1) is 17.8 Å². The van der Waals surface area contributed by atoms with E-state index in [9.17, 15) is 14.4 Å². The lowest BCUT2D eigenvalue weighted by Crippen LogP contribution is -2.48. The van der Waals surface area contributed by atoms with Crippen molar-refractivity contribution in [2.45, 2.75) is 56.5 Å². The smallest absolute Gasteiger partial charge is 0.315 e. The van der Waals surface area contributed by atoms with E-state index in [0.29, 0.717) is 35.4 Å². The van der Waals surface area contributed by atoms with E-state index < -0.39 is 0 Å². The number of amides is 4. The Balaban J connectivity index is 0.792. The average Bonchev–Trinajstić information content (AvgIpc) is 3.75. The number of benzene rings is 2. The highest BCUT2D eigenvalue weighted by Crippen LogP contribution is 2.33. The minimum absolute atomic E-state index is 0.0507. The third-order valence-electron chi connectivity index (χ3n) is 10.3. The number of aromatic nitrogens is 3. The molecule has 282 valence electrons. The zero-order chi connectivity index (χ0) is 37.3. The predicted octanol–water partition coefficient (Wildman–Crippen LogP) is 4.80. The second kappa shape index (κ2) is 17.9. The SMILES string of the molecule is Cc1ccc(NC(=O)c2ccc(CN3CCN(CCNC(=O)CCCC[C@@H]4SC[C@@H]5NC(=O)N[C@@H]54)CC3)cc2)cc1Nc1nccc(-c2cccnc2)n1. The number of carbonyl (C=O) groups is 3. The minimum Gasteiger partial charge on any atom is -0.355 e. The average molecular weight is 749 g/mol. The Labute approximate surface area is 320 Å². The molecule has 3 aliphatic rings. The second-order valence-corrected chi connectivity index (χ2v) is 15.4. The highest BCUT2D eigenvalue weighted by Gasteiger charge is 2.42. The Morgan fingerprint density at radius 1 is 0.963 bits per heavy atom. The van der Waals surface area contributed by atoms with Crippen LogP contribution in [0.15, 0.2) is 79.3 Å². The molecule has 5 N–H and O–H groups in total.